The summed E-state index contributed by atoms with van der Waals surface area (Å²) in [5.74, 6) is 0.593. The number of hydrogen-bond acceptors (Lipinski definition) is 4. The lowest BCUT2D eigenvalue weighted by Gasteiger charge is -2.31. The van der Waals surface area contributed by atoms with Crippen molar-refractivity contribution < 1.29 is 5.11 Å². The third-order valence-corrected chi connectivity index (χ3v) is 2.93. The number of aliphatic hydroxyl groups is 1. The summed E-state index contributed by atoms with van der Waals surface area (Å²) in [4.78, 5) is 6.39. The molecule has 1 aromatic rings. The van der Waals surface area contributed by atoms with Crippen molar-refractivity contribution in [2.75, 3.05) is 23.7 Å². The van der Waals surface area contributed by atoms with Crippen LogP contribution in [-0.2, 0) is 0 Å². The fourth-order valence-corrected chi connectivity index (χ4v) is 1.87. The lowest BCUT2D eigenvalue weighted by Crippen LogP contribution is -2.35. The van der Waals surface area contributed by atoms with Gasteiger partial charge in [-0.15, -0.1) is 0 Å². The highest BCUT2D eigenvalue weighted by atomic mass is 16.3. The van der Waals surface area contributed by atoms with Crippen molar-refractivity contribution in [3.63, 3.8) is 0 Å². The summed E-state index contributed by atoms with van der Waals surface area (Å²) >= 11 is 0. The summed E-state index contributed by atoms with van der Waals surface area (Å²) in [6.07, 6.45) is 3.34. The number of nitrogen functional groups attached to an aromatic ring is 1. The van der Waals surface area contributed by atoms with Crippen molar-refractivity contribution in [1.29, 1.82) is 0 Å². The second-order valence-electron chi connectivity index (χ2n) is 4.11. The smallest absolute Gasteiger partial charge is 0.126 e. The number of nitrogens with two attached hydrogens (primary N) is 1. The third-order valence-electron chi connectivity index (χ3n) is 2.93. The van der Waals surface area contributed by atoms with Gasteiger partial charge < -0.3 is 15.7 Å². The first-order valence-electron chi connectivity index (χ1n) is 5.32. The zero-order valence-electron chi connectivity index (χ0n) is 8.98. The number of aliphatic hydroxyl groups excluding tert-OH is 1. The topological polar surface area (TPSA) is 62.4 Å². The van der Waals surface area contributed by atoms with E-state index in [9.17, 15) is 5.11 Å². The van der Waals surface area contributed by atoms with E-state index >= 15 is 0 Å². The van der Waals surface area contributed by atoms with Gasteiger partial charge in [0.15, 0.2) is 0 Å². The van der Waals surface area contributed by atoms with Crippen LogP contribution in [0.15, 0.2) is 12.3 Å². The van der Waals surface area contributed by atoms with Crippen LogP contribution in [0.25, 0.3) is 0 Å². The van der Waals surface area contributed by atoms with Crippen molar-refractivity contribution in [3.05, 3.63) is 17.8 Å². The lowest BCUT2D eigenvalue weighted by atomic mass is 10.1. The number of hydrogen-bond donors (Lipinski definition) is 2. The van der Waals surface area contributed by atoms with E-state index in [0.717, 1.165) is 37.2 Å². The Morgan fingerprint density at radius 2 is 2.13 bits per heavy atom. The van der Waals surface area contributed by atoms with E-state index in [1.807, 2.05) is 6.92 Å². The van der Waals surface area contributed by atoms with E-state index in [0.29, 0.717) is 5.82 Å². The minimum absolute atomic E-state index is 0.135. The summed E-state index contributed by atoms with van der Waals surface area (Å²) in [6, 6.07) is 2.06. The molecule has 0 aromatic carbocycles. The van der Waals surface area contributed by atoms with Crippen LogP contribution in [0.5, 0.6) is 0 Å². The molecule has 1 fully saturated rings. The molecule has 4 nitrogen and oxygen atoms in total. The fourth-order valence-electron chi connectivity index (χ4n) is 1.87. The first-order chi connectivity index (χ1) is 7.16. The van der Waals surface area contributed by atoms with Gasteiger partial charge in [0, 0.05) is 13.1 Å². The average Bonchev–Trinajstić information content (AvgIpc) is 2.23. The minimum atomic E-state index is -0.135. The second-order valence-corrected chi connectivity index (χ2v) is 4.11. The molecule has 1 aliphatic heterocycles. The lowest BCUT2D eigenvalue weighted by molar-refractivity contribution is 0.145. The Labute approximate surface area is 89.7 Å². The summed E-state index contributed by atoms with van der Waals surface area (Å²) < 4.78 is 0. The zero-order chi connectivity index (χ0) is 10.8. The van der Waals surface area contributed by atoms with Gasteiger partial charge in [-0.05, 0) is 31.4 Å². The quantitative estimate of drug-likeness (QED) is 0.719. The molecule has 0 atom stereocenters. The normalized spacial score (nSPS) is 18.1. The Hall–Kier alpha value is -1.29. The first kappa shape index (κ1) is 10.2. The number of rotatable bonds is 1. The van der Waals surface area contributed by atoms with Crippen LogP contribution in [0, 0.1) is 6.92 Å². The Balaban J connectivity index is 2.12. The summed E-state index contributed by atoms with van der Waals surface area (Å²) in [5.41, 5.74) is 7.79. The summed E-state index contributed by atoms with van der Waals surface area (Å²) in [6.45, 7) is 3.75. The molecular weight excluding hydrogens is 190 g/mol. The predicted octanol–water partition coefficient (Wildman–Crippen LogP) is 0.933. The van der Waals surface area contributed by atoms with E-state index in [-0.39, 0.29) is 6.10 Å². The van der Waals surface area contributed by atoms with Gasteiger partial charge in [0.2, 0.25) is 0 Å². The molecule has 0 radical (unpaired) electrons. The van der Waals surface area contributed by atoms with Crippen LogP contribution < -0.4 is 10.6 Å². The maximum Gasteiger partial charge on any atom is 0.126 e. The molecule has 2 heterocycles. The van der Waals surface area contributed by atoms with Crippen LogP contribution in [0.4, 0.5) is 11.5 Å². The van der Waals surface area contributed by atoms with Crippen molar-refractivity contribution >= 4 is 11.5 Å². The monoisotopic (exact) mass is 207 g/mol. The highest BCUT2D eigenvalue weighted by Crippen LogP contribution is 2.21. The number of nitrogens with zero attached hydrogens (tertiary/aromatic N) is 2. The van der Waals surface area contributed by atoms with Crippen molar-refractivity contribution in [1.82, 2.24) is 4.98 Å². The minimum Gasteiger partial charge on any atom is -0.393 e. The van der Waals surface area contributed by atoms with Crippen LogP contribution in [0.3, 0.4) is 0 Å². The van der Waals surface area contributed by atoms with Gasteiger partial charge in [-0.25, -0.2) is 4.98 Å². The van der Waals surface area contributed by atoms with E-state index in [1.165, 1.54) is 0 Å². The van der Waals surface area contributed by atoms with Gasteiger partial charge in [-0.1, -0.05) is 0 Å². The predicted molar refractivity (Wildman–Crippen MR) is 60.8 cm³/mol. The molecule has 15 heavy (non-hydrogen) atoms. The van der Waals surface area contributed by atoms with E-state index in [1.54, 1.807) is 6.20 Å². The Morgan fingerprint density at radius 1 is 1.47 bits per heavy atom. The molecule has 0 bridgehead atoms. The van der Waals surface area contributed by atoms with Gasteiger partial charge in [-0.2, -0.15) is 0 Å². The van der Waals surface area contributed by atoms with E-state index in [2.05, 4.69) is 16.0 Å². The number of pyridine rings is 1. The van der Waals surface area contributed by atoms with Gasteiger partial charge in [-0.3, -0.25) is 0 Å². The van der Waals surface area contributed by atoms with Crippen LogP contribution >= 0.6 is 0 Å². The molecule has 1 aliphatic rings. The molecule has 3 N–H and O–H groups in total. The standard InChI is InChI=1S/C11H17N3O/c1-8-6-9(7-13-11(8)12)14-4-2-10(15)3-5-14/h6-7,10,15H,2-5H2,1H3,(H2,12,13). The molecule has 0 unspecified atom stereocenters. The van der Waals surface area contributed by atoms with Crippen LogP contribution in [0.2, 0.25) is 0 Å². The molecule has 1 aromatic heterocycles. The van der Waals surface area contributed by atoms with Gasteiger partial charge >= 0.3 is 0 Å². The van der Waals surface area contributed by atoms with Crippen molar-refractivity contribution in [2.24, 2.45) is 0 Å². The molecule has 2 rings (SSSR count). The van der Waals surface area contributed by atoms with Crippen molar-refractivity contribution in [3.8, 4) is 0 Å². The number of aromatic nitrogens is 1. The van der Waals surface area contributed by atoms with Crippen LogP contribution in [-0.4, -0.2) is 29.3 Å². The van der Waals surface area contributed by atoms with Gasteiger partial charge in [0.05, 0.1) is 18.0 Å². The molecular formula is C11H17N3O. The van der Waals surface area contributed by atoms with Gasteiger partial charge in [0.1, 0.15) is 5.82 Å². The van der Waals surface area contributed by atoms with Crippen LogP contribution in [0.1, 0.15) is 18.4 Å². The summed E-state index contributed by atoms with van der Waals surface area (Å²) in [5, 5.41) is 9.41. The summed E-state index contributed by atoms with van der Waals surface area (Å²) in [7, 11) is 0. The molecule has 4 heteroatoms. The number of anilines is 2. The maximum atomic E-state index is 9.41. The largest absolute Gasteiger partial charge is 0.393 e. The number of aryl methyl sites for hydroxylation is 1. The highest BCUT2D eigenvalue weighted by molar-refractivity contribution is 5.52. The van der Waals surface area contributed by atoms with Crippen molar-refractivity contribution in [2.45, 2.75) is 25.9 Å². The Morgan fingerprint density at radius 3 is 2.73 bits per heavy atom. The van der Waals surface area contributed by atoms with E-state index < -0.39 is 0 Å². The molecule has 0 saturated carbocycles. The highest BCUT2D eigenvalue weighted by Gasteiger charge is 2.17. The number of piperidine rings is 1. The fraction of sp³-hybridized carbons (Fsp3) is 0.545. The molecule has 82 valence electrons. The zero-order valence-corrected chi connectivity index (χ0v) is 8.98. The Bertz CT molecular complexity index is 346. The second kappa shape index (κ2) is 4.06. The maximum absolute atomic E-state index is 9.41. The average molecular weight is 207 g/mol. The SMILES string of the molecule is Cc1cc(N2CCC(O)CC2)cnc1N. The van der Waals surface area contributed by atoms with Gasteiger partial charge in [0.25, 0.3) is 0 Å². The third kappa shape index (κ3) is 2.21. The molecule has 0 spiro atoms. The molecule has 0 aliphatic carbocycles. The van der Waals surface area contributed by atoms with E-state index in [4.69, 9.17) is 5.73 Å². The molecule has 0 amide bonds. The first-order valence-corrected chi connectivity index (χ1v) is 5.32. The molecule has 1 saturated heterocycles. The Kier molecular flexibility index (Phi) is 2.77.